The minimum absolute atomic E-state index is 0.157. The molecule has 6 heteroatoms. The Hall–Kier alpha value is -2.37. The van der Waals surface area contributed by atoms with Gasteiger partial charge in [0.05, 0.1) is 4.92 Å². The van der Waals surface area contributed by atoms with Crippen LogP contribution in [0.4, 0.5) is 5.69 Å². The molecule has 1 unspecified atom stereocenters. The van der Waals surface area contributed by atoms with Gasteiger partial charge in [0.2, 0.25) is 0 Å². The molecule has 0 heterocycles. The average molecular weight is 250 g/mol. The van der Waals surface area contributed by atoms with Crippen LogP contribution in [0, 0.1) is 10.1 Å². The van der Waals surface area contributed by atoms with Gasteiger partial charge in [-0.1, -0.05) is 6.08 Å². The van der Waals surface area contributed by atoms with Gasteiger partial charge in [-0.05, 0) is 25.5 Å². The molecule has 1 amide bonds. The van der Waals surface area contributed by atoms with Gasteiger partial charge in [-0.3, -0.25) is 14.9 Å². The molecule has 0 saturated heterocycles. The number of hydrogen-bond acceptors (Lipinski definition) is 4. The molecule has 0 aliphatic rings. The molecule has 1 aromatic rings. The number of phenols is 1. The highest BCUT2D eigenvalue weighted by Gasteiger charge is 2.21. The molecule has 0 spiro atoms. The van der Waals surface area contributed by atoms with E-state index in [-0.39, 0.29) is 23.0 Å². The Labute approximate surface area is 104 Å². The number of carbonyl (C=O) groups excluding carboxylic acids is 1. The fourth-order valence-electron chi connectivity index (χ4n) is 1.48. The van der Waals surface area contributed by atoms with Gasteiger partial charge in [0.15, 0.2) is 0 Å². The largest absolute Gasteiger partial charge is 0.508 e. The summed E-state index contributed by atoms with van der Waals surface area (Å²) in [6.07, 6.45) is 2.19. The van der Waals surface area contributed by atoms with Crippen molar-refractivity contribution in [2.75, 3.05) is 0 Å². The van der Waals surface area contributed by atoms with Crippen molar-refractivity contribution < 1.29 is 14.8 Å². The minimum Gasteiger partial charge on any atom is -0.508 e. The summed E-state index contributed by atoms with van der Waals surface area (Å²) in [6, 6.07) is 3.16. The SMILES string of the molecule is C=CCC(C)NC(=O)c1cc(O)ccc1[N+](=O)[O-]. The first-order chi connectivity index (χ1) is 8.45. The van der Waals surface area contributed by atoms with Crippen LogP contribution in [0.1, 0.15) is 23.7 Å². The molecule has 0 radical (unpaired) electrons. The fraction of sp³-hybridized carbons (Fsp3) is 0.250. The second-order valence-electron chi connectivity index (χ2n) is 3.86. The van der Waals surface area contributed by atoms with E-state index in [1.807, 2.05) is 0 Å². The molecular formula is C12H14N2O4. The molecule has 0 fully saturated rings. The lowest BCUT2D eigenvalue weighted by atomic mass is 10.1. The maximum Gasteiger partial charge on any atom is 0.282 e. The topological polar surface area (TPSA) is 92.5 Å². The second-order valence-corrected chi connectivity index (χ2v) is 3.86. The number of hydrogen-bond donors (Lipinski definition) is 2. The Kier molecular flexibility index (Phi) is 4.42. The fourth-order valence-corrected chi connectivity index (χ4v) is 1.48. The van der Waals surface area contributed by atoms with Crippen molar-refractivity contribution >= 4 is 11.6 Å². The summed E-state index contributed by atoms with van der Waals surface area (Å²) in [5.41, 5.74) is -0.494. The van der Waals surface area contributed by atoms with Crippen LogP contribution in [0.25, 0.3) is 0 Å². The molecule has 1 rings (SSSR count). The first kappa shape index (κ1) is 13.7. The summed E-state index contributed by atoms with van der Waals surface area (Å²) in [4.78, 5) is 22.0. The molecule has 0 bridgehead atoms. The maximum atomic E-state index is 11.8. The Morgan fingerprint density at radius 3 is 2.89 bits per heavy atom. The first-order valence-corrected chi connectivity index (χ1v) is 5.35. The number of benzene rings is 1. The standard InChI is InChI=1S/C12H14N2O4/c1-3-4-8(2)13-12(16)10-7-9(15)5-6-11(10)14(17)18/h3,5-8,15H,1,4H2,2H3,(H,13,16). The van der Waals surface area contributed by atoms with Crippen molar-refractivity contribution in [1.82, 2.24) is 5.32 Å². The van der Waals surface area contributed by atoms with Gasteiger partial charge >= 0.3 is 0 Å². The zero-order chi connectivity index (χ0) is 13.7. The molecule has 0 aliphatic carbocycles. The number of carbonyl (C=O) groups is 1. The van der Waals surface area contributed by atoms with Gasteiger partial charge in [-0.15, -0.1) is 6.58 Å². The number of phenolic OH excluding ortho intramolecular Hbond substituents is 1. The summed E-state index contributed by atoms with van der Waals surface area (Å²) in [5, 5.41) is 22.7. The number of nitrogens with one attached hydrogen (secondary N) is 1. The lowest BCUT2D eigenvalue weighted by Crippen LogP contribution is -2.32. The van der Waals surface area contributed by atoms with Crippen LogP contribution in [-0.4, -0.2) is 22.0 Å². The van der Waals surface area contributed by atoms with Gasteiger partial charge in [0.25, 0.3) is 11.6 Å². The monoisotopic (exact) mass is 250 g/mol. The van der Waals surface area contributed by atoms with E-state index in [1.165, 1.54) is 6.07 Å². The zero-order valence-corrected chi connectivity index (χ0v) is 9.92. The second kappa shape index (κ2) is 5.81. The van der Waals surface area contributed by atoms with Crippen LogP contribution in [0.15, 0.2) is 30.9 Å². The van der Waals surface area contributed by atoms with E-state index in [1.54, 1.807) is 13.0 Å². The van der Waals surface area contributed by atoms with Gasteiger partial charge in [-0.25, -0.2) is 0 Å². The molecule has 6 nitrogen and oxygen atoms in total. The van der Waals surface area contributed by atoms with Gasteiger partial charge in [-0.2, -0.15) is 0 Å². The Morgan fingerprint density at radius 2 is 2.33 bits per heavy atom. The highest BCUT2D eigenvalue weighted by atomic mass is 16.6. The third kappa shape index (κ3) is 3.31. The summed E-state index contributed by atoms with van der Waals surface area (Å²) in [5.74, 6) is -0.783. The van der Waals surface area contributed by atoms with E-state index in [2.05, 4.69) is 11.9 Å². The molecule has 0 aliphatic heterocycles. The Morgan fingerprint density at radius 1 is 1.67 bits per heavy atom. The minimum atomic E-state index is -0.660. The third-order valence-electron chi connectivity index (χ3n) is 2.32. The van der Waals surface area contributed by atoms with Crippen LogP contribution in [-0.2, 0) is 0 Å². The Bertz CT molecular complexity index is 485. The third-order valence-corrected chi connectivity index (χ3v) is 2.32. The van der Waals surface area contributed by atoms with Crippen molar-refractivity contribution in [3.8, 4) is 5.75 Å². The molecule has 1 atom stereocenters. The number of nitro groups is 1. The lowest BCUT2D eigenvalue weighted by molar-refractivity contribution is -0.385. The van der Waals surface area contributed by atoms with E-state index in [0.717, 1.165) is 12.1 Å². The predicted octanol–water partition coefficient (Wildman–Crippen LogP) is 1.99. The molecule has 2 N–H and O–H groups in total. The van der Waals surface area contributed by atoms with Crippen LogP contribution in [0.3, 0.4) is 0 Å². The van der Waals surface area contributed by atoms with Gasteiger partial charge < -0.3 is 10.4 Å². The quantitative estimate of drug-likeness (QED) is 0.475. The van der Waals surface area contributed by atoms with Crippen LogP contribution in [0.2, 0.25) is 0 Å². The van der Waals surface area contributed by atoms with Crippen molar-refractivity contribution in [3.05, 3.63) is 46.5 Å². The molecular weight excluding hydrogens is 236 g/mol. The lowest BCUT2D eigenvalue weighted by Gasteiger charge is -2.11. The molecule has 0 saturated carbocycles. The van der Waals surface area contributed by atoms with E-state index in [9.17, 15) is 20.0 Å². The van der Waals surface area contributed by atoms with Crippen LogP contribution in [0.5, 0.6) is 5.75 Å². The summed E-state index contributed by atoms with van der Waals surface area (Å²) >= 11 is 0. The smallest absolute Gasteiger partial charge is 0.282 e. The van der Waals surface area contributed by atoms with E-state index >= 15 is 0 Å². The molecule has 1 aromatic carbocycles. The summed E-state index contributed by atoms with van der Waals surface area (Å²) in [6.45, 7) is 5.30. The van der Waals surface area contributed by atoms with E-state index in [4.69, 9.17) is 0 Å². The van der Waals surface area contributed by atoms with Crippen molar-refractivity contribution in [1.29, 1.82) is 0 Å². The average Bonchev–Trinajstić information content (AvgIpc) is 2.28. The van der Waals surface area contributed by atoms with Crippen LogP contribution < -0.4 is 5.32 Å². The summed E-state index contributed by atoms with van der Waals surface area (Å²) < 4.78 is 0. The van der Waals surface area contributed by atoms with Crippen LogP contribution >= 0.6 is 0 Å². The molecule has 0 aromatic heterocycles. The normalized spacial score (nSPS) is 11.6. The van der Waals surface area contributed by atoms with E-state index in [0.29, 0.717) is 6.42 Å². The number of aromatic hydroxyl groups is 1. The Balaban J connectivity index is 3.00. The highest BCUT2D eigenvalue weighted by molar-refractivity contribution is 5.98. The molecule has 96 valence electrons. The van der Waals surface area contributed by atoms with Crippen molar-refractivity contribution in [2.24, 2.45) is 0 Å². The van der Waals surface area contributed by atoms with Crippen molar-refractivity contribution in [3.63, 3.8) is 0 Å². The zero-order valence-electron chi connectivity index (χ0n) is 9.92. The number of nitro benzene ring substituents is 1. The van der Waals surface area contributed by atoms with Gasteiger partial charge in [0.1, 0.15) is 11.3 Å². The summed E-state index contributed by atoms with van der Waals surface area (Å²) in [7, 11) is 0. The highest BCUT2D eigenvalue weighted by Crippen LogP contribution is 2.23. The maximum absolute atomic E-state index is 11.8. The number of nitrogens with zero attached hydrogens (tertiary/aromatic N) is 1. The number of amides is 1. The van der Waals surface area contributed by atoms with Gasteiger partial charge in [0, 0.05) is 12.1 Å². The number of rotatable bonds is 5. The van der Waals surface area contributed by atoms with E-state index < -0.39 is 10.8 Å². The molecule has 18 heavy (non-hydrogen) atoms. The predicted molar refractivity (Wildman–Crippen MR) is 66.5 cm³/mol. The van der Waals surface area contributed by atoms with Crippen molar-refractivity contribution in [2.45, 2.75) is 19.4 Å². The first-order valence-electron chi connectivity index (χ1n) is 5.35.